The smallest absolute Gasteiger partial charge is 0.126 e. The van der Waals surface area contributed by atoms with Crippen molar-refractivity contribution in [2.75, 3.05) is 27.4 Å². The summed E-state index contributed by atoms with van der Waals surface area (Å²) in [5.74, 6) is 3.45. The first-order valence-electron chi connectivity index (χ1n) is 8.81. The van der Waals surface area contributed by atoms with Crippen molar-refractivity contribution >= 4 is 0 Å². The lowest BCUT2D eigenvalue weighted by Crippen LogP contribution is -2.00. The van der Waals surface area contributed by atoms with E-state index in [9.17, 15) is 0 Å². The van der Waals surface area contributed by atoms with Gasteiger partial charge in [-0.25, -0.2) is 0 Å². The number of ether oxygens (including phenoxy) is 4. The van der Waals surface area contributed by atoms with Crippen molar-refractivity contribution in [3.63, 3.8) is 0 Å². The average molecular weight is 344 g/mol. The van der Waals surface area contributed by atoms with Crippen molar-refractivity contribution in [2.24, 2.45) is 0 Å². The zero-order chi connectivity index (χ0) is 18.1. The molecule has 2 rings (SSSR count). The first-order chi connectivity index (χ1) is 12.2. The van der Waals surface area contributed by atoms with Gasteiger partial charge in [-0.1, -0.05) is 12.1 Å². The van der Waals surface area contributed by atoms with E-state index < -0.39 is 0 Å². The molecule has 0 aliphatic rings. The van der Waals surface area contributed by atoms with Crippen LogP contribution in [0.25, 0.3) is 0 Å². The Labute approximate surface area is 150 Å². The molecule has 4 nitrogen and oxygen atoms in total. The fraction of sp³-hybridized carbons (Fsp3) is 0.429. The number of aryl methyl sites for hydroxylation is 2. The molecule has 0 aliphatic carbocycles. The van der Waals surface area contributed by atoms with Gasteiger partial charge in [0, 0.05) is 12.1 Å². The van der Waals surface area contributed by atoms with Crippen LogP contribution in [0.3, 0.4) is 0 Å². The van der Waals surface area contributed by atoms with Gasteiger partial charge in [-0.3, -0.25) is 0 Å². The van der Waals surface area contributed by atoms with Gasteiger partial charge in [0.1, 0.15) is 23.0 Å². The lowest BCUT2D eigenvalue weighted by molar-refractivity contribution is 0.320. The summed E-state index contributed by atoms with van der Waals surface area (Å²) in [6.45, 7) is 5.28. The molecule has 0 N–H and O–H groups in total. The second-order valence-corrected chi connectivity index (χ2v) is 5.67. The zero-order valence-corrected chi connectivity index (χ0v) is 15.6. The molecule has 0 aromatic heterocycles. The summed E-state index contributed by atoms with van der Waals surface area (Å²) in [5.41, 5.74) is 2.39. The lowest BCUT2D eigenvalue weighted by Gasteiger charge is -2.13. The second kappa shape index (κ2) is 9.82. The average Bonchev–Trinajstić information content (AvgIpc) is 2.64. The molecule has 0 bridgehead atoms. The minimum atomic E-state index is 0.648. The Balaban J connectivity index is 2.03. The standard InChI is InChI=1S/C21H28O4/c1-5-24-19-13-11-17(21(15-19)25-6-2)9-7-8-16-10-12-18(22-3)14-20(16)23-4/h10-15H,5-9H2,1-4H3. The van der Waals surface area contributed by atoms with Crippen LogP contribution in [0.15, 0.2) is 36.4 Å². The third-order valence-corrected chi connectivity index (χ3v) is 4.04. The predicted octanol–water partition coefficient (Wildman–Crippen LogP) is 4.68. The summed E-state index contributed by atoms with van der Waals surface area (Å²) < 4.78 is 22.1. The van der Waals surface area contributed by atoms with Gasteiger partial charge in [0.25, 0.3) is 0 Å². The van der Waals surface area contributed by atoms with Crippen molar-refractivity contribution < 1.29 is 18.9 Å². The van der Waals surface area contributed by atoms with E-state index in [0.29, 0.717) is 13.2 Å². The minimum absolute atomic E-state index is 0.648. The van der Waals surface area contributed by atoms with Gasteiger partial charge in [-0.2, -0.15) is 0 Å². The van der Waals surface area contributed by atoms with Crippen molar-refractivity contribution in [1.29, 1.82) is 0 Å². The molecule has 0 fully saturated rings. The second-order valence-electron chi connectivity index (χ2n) is 5.67. The van der Waals surface area contributed by atoms with E-state index in [1.54, 1.807) is 14.2 Å². The molecule has 136 valence electrons. The van der Waals surface area contributed by atoms with Crippen LogP contribution in [-0.4, -0.2) is 27.4 Å². The Kier molecular flexibility index (Phi) is 7.45. The summed E-state index contributed by atoms with van der Waals surface area (Å²) in [7, 11) is 3.35. The lowest BCUT2D eigenvalue weighted by atomic mass is 10.0. The number of hydrogen-bond donors (Lipinski definition) is 0. The fourth-order valence-electron chi connectivity index (χ4n) is 2.82. The monoisotopic (exact) mass is 344 g/mol. The molecule has 0 saturated heterocycles. The number of hydrogen-bond acceptors (Lipinski definition) is 4. The molecule has 0 spiro atoms. The topological polar surface area (TPSA) is 36.9 Å². The third-order valence-electron chi connectivity index (χ3n) is 4.04. The molecule has 0 atom stereocenters. The molecule has 0 heterocycles. The molecule has 25 heavy (non-hydrogen) atoms. The van der Waals surface area contributed by atoms with Gasteiger partial charge in [0.15, 0.2) is 0 Å². The number of rotatable bonds is 10. The first kappa shape index (κ1) is 19.0. The van der Waals surface area contributed by atoms with E-state index in [0.717, 1.165) is 42.3 Å². The summed E-state index contributed by atoms with van der Waals surface area (Å²) in [6.07, 6.45) is 2.89. The van der Waals surface area contributed by atoms with E-state index in [1.165, 1.54) is 11.1 Å². The van der Waals surface area contributed by atoms with E-state index in [4.69, 9.17) is 18.9 Å². The quantitative estimate of drug-likeness (QED) is 0.627. The Morgan fingerprint density at radius 2 is 1.28 bits per heavy atom. The first-order valence-corrected chi connectivity index (χ1v) is 8.81. The van der Waals surface area contributed by atoms with E-state index in [-0.39, 0.29) is 0 Å². The normalized spacial score (nSPS) is 10.4. The largest absolute Gasteiger partial charge is 0.497 e. The molecule has 0 saturated carbocycles. The van der Waals surface area contributed by atoms with Gasteiger partial charge < -0.3 is 18.9 Å². The highest BCUT2D eigenvalue weighted by Crippen LogP contribution is 2.29. The highest BCUT2D eigenvalue weighted by molar-refractivity contribution is 5.42. The summed E-state index contributed by atoms with van der Waals surface area (Å²) in [6, 6.07) is 12.1. The van der Waals surface area contributed by atoms with E-state index >= 15 is 0 Å². The van der Waals surface area contributed by atoms with Crippen LogP contribution in [0, 0.1) is 0 Å². The van der Waals surface area contributed by atoms with E-state index in [2.05, 4.69) is 12.1 Å². The molecule has 0 unspecified atom stereocenters. The maximum atomic E-state index is 5.78. The Bertz CT molecular complexity index is 667. The molecule has 2 aromatic rings. The Hall–Kier alpha value is -2.36. The van der Waals surface area contributed by atoms with Crippen molar-refractivity contribution in [1.82, 2.24) is 0 Å². The van der Waals surface area contributed by atoms with Crippen LogP contribution in [0.4, 0.5) is 0 Å². The maximum Gasteiger partial charge on any atom is 0.126 e. The summed E-state index contributed by atoms with van der Waals surface area (Å²) in [4.78, 5) is 0. The molecule has 4 heteroatoms. The van der Waals surface area contributed by atoms with Gasteiger partial charge in [-0.15, -0.1) is 0 Å². The van der Waals surface area contributed by atoms with Crippen LogP contribution < -0.4 is 18.9 Å². The van der Waals surface area contributed by atoms with Gasteiger partial charge >= 0.3 is 0 Å². The van der Waals surface area contributed by atoms with Crippen LogP contribution in [0.2, 0.25) is 0 Å². The third kappa shape index (κ3) is 5.31. The highest BCUT2D eigenvalue weighted by Gasteiger charge is 2.09. The predicted molar refractivity (Wildman–Crippen MR) is 100 cm³/mol. The molecular weight excluding hydrogens is 316 g/mol. The maximum absolute atomic E-state index is 5.78. The molecule has 0 amide bonds. The molecule has 0 aliphatic heterocycles. The highest BCUT2D eigenvalue weighted by atomic mass is 16.5. The minimum Gasteiger partial charge on any atom is -0.497 e. The number of methoxy groups -OCH3 is 2. The van der Waals surface area contributed by atoms with Crippen molar-refractivity contribution in [2.45, 2.75) is 33.1 Å². The van der Waals surface area contributed by atoms with Crippen molar-refractivity contribution in [3.05, 3.63) is 47.5 Å². The van der Waals surface area contributed by atoms with Crippen LogP contribution in [0.5, 0.6) is 23.0 Å². The summed E-state index contributed by atoms with van der Waals surface area (Å²) in [5, 5.41) is 0. The van der Waals surface area contributed by atoms with Gasteiger partial charge in [0.2, 0.25) is 0 Å². The van der Waals surface area contributed by atoms with Crippen LogP contribution >= 0.6 is 0 Å². The molecular formula is C21H28O4. The number of benzene rings is 2. The van der Waals surface area contributed by atoms with E-state index in [1.807, 2.05) is 38.1 Å². The summed E-state index contributed by atoms with van der Waals surface area (Å²) >= 11 is 0. The van der Waals surface area contributed by atoms with Crippen LogP contribution in [0.1, 0.15) is 31.4 Å². The van der Waals surface area contributed by atoms with Gasteiger partial charge in [0.05, 0.1) is 27.4 Å². The van der Waals surface area contributed by atoms with Crippen molar-refractivity contribution in [3.8, 4) is 23.0 Å². The molecule has 0 radical (unpaired) electrons. The Morgan fingerprint density at radius 3 is 1.88 bits per heavy atom. The zero-order valence-electron chi connectivity index (χ0n) is 15.6. The molecule has 2 aromatic carbocycles. The fourth-order valence-corrected chi connectivity index (χ4v) is 2.82. The van der Waals surface area contributed by atoms with Gasteiger partial charge in [-0.05, 0) is 56.4 Å². The Morgan fingerprint density at radius 1 is 0.680 bits per heavy atom. The van der Waals surface area contributed by atoms with Crippen LogP contribution in [-0.2, 0) is 12.8 Å². The SMILES string of the molecule is CCOc1ccc(CCCc2ccc(OC)cc2OC)c(OCC)c1.